The lowest BCUT2D eigenvalue weighted by Crippen LogP contribution is -2.16. The maximum absolute atomic E-state index is 2.45. The third-order valence-electron chi connectivity index (χ3n) is 11.8. The Kier molecular flexibility index (Phi) is 7.14. The van der Waals surface area contributed by atoms with Crippen molar-refractivity contribution >= 4 is 70.1 Å². The van der Waals surface area contributed by atoms with E-state index >= 15 is 0 Å². The van der Waals surface area contributed by atoms with Gasteiger partial charge in [0.05, 0.1) is 5.69 Å². The molecule has 0 N–H and O–H groups in total. The third-order valence-corrected chi connectivity index (χ3v) is 13.0. The lowest BCUT2D eigenvalue weighted by atomic mass is 9.82. The highest BCUT2D eigenvalue weighted by Crippen LogP contribution is 2.51. The fraction of sp³-hybridized carbons (Fsp3) is 0.0566. The molecule has 0 amide bonds. The molecule has 0 spiro atoms. The molecule has 0 saturated heterocycles. The second-order valence-electron chi connectivity index (χ2n) is 15.4. The maximum atomic E-state index is 2.45. The van der Waals surface area contributed by atoms with E-state index in [4.69, 9.17) is 0 Å². The van der Waals surface area contributed by atoms with Crippen molar-refractivity contribution in [1.82, 2.24) is 0 Å². The van der Waals surface area contributed by atoms with Gasteiger partial charge in [0.15, 0.2) is 0 Å². The lowest BCUT2D eigenvalue weighted by Gasteiger charge is -2.30. The number of rotatable bonds is 5. The Morgan fingerprint density at radius 2 is 1.02 bits per heavy atom. The molecule has 0 unspecified atom stereocenters. The van der Waals surface area contributed by atoms with Crippen molar-refractivity contribution in [3.63, 3.8) is 0 Å². The molecule has 11 rings (SSSR count). The van der Waals surface area contributed by atoms with Crippen LogP contribution in [0.2, 0.25) is 0 Å². The Balaban J connectivity index is 1.04. The molecule has 1 nitrogen and oxygen atoms in total. The Morgan fingerprint density at radius 1 is 0.382 bits per heavy atom. The minimum Gasteiger partial charge on any atom is -0.310 e. The summed E-state index contributed by atoms with van der Waals surface area (Å²) >= 11 is 1.88. The fourth-order valence-corrected chi connectivity index (χ4v) is 10.1. The van der Waals surface area contributed by atoms with Crippen LogP contribution < -0.4 is 4.90 Å². The average molecular weight is 720 g/mol. The van der Waals surface area contributed by atoms with Crippen LogP contribution in [0.4, 0.5) is 17.1 Å². The molecule has 0 atom stereocenters. The molecule has 1 aliphatic rings. The first-order valence-corrected chi connectivity index (χ1v) is 19.9. The number of hydrogen-bond donors (Lipinski definition) is 0. The molecule has 10 aromatic rings. The monoisotopic (exact) mass is 719 g/mol. The Labute approximate surface area is 325 Å². The van der Waals surface area contributed by atoms with Gasteiger partial charge < -0.3 is 4.90 Å². The van der Waals surface area contributed by atoms with Crippen LogP contribution in [0.25, 0.3) is 75.1 Å². The van der Waals surface area contributed by atoms with Gasteiger partial charge in [0.2, 0.25) is 0 Å². The van der Waals surface area contributed by atoms with Gasteiger partial charge in [0.25, 0.3) is 0 Å². The van der Waals surface area contributed by atoms with Crippen LogP contribution in [-0.4, -0.2) is 0 Å². The third kappa shape index (κ3) is 5.13. The van der Waals surface area contributed by atoms with Gasteiger partial charge in [-0.05, 0) is 121 Å². The number of thiophene rings is 1. The summed E-state index contributed by atoms with van der Waals surface area (Å²) in [5.41, 5.74) is 13.6. The molecule has 0 bridgehead atoms. The van der Waals surface area contributed by atoms with Gasteiger partial charge >= 0.3 is 0 Å². The Bertz CT molecular complexity index is 3130. The highest BCUT2D eigenvalue weighted by Gasteiger charge is 2.35. The van der Waals surface area contributed by atoms with Crippen molar-refractivity contribution in [2.24, 2.45) is 0 Å². The van der Waals surface area contributed by atoms with Gasteiger partial charge in [-0.15, -0.1) is 11.3 Å². The minimum atomic E-state index is -0.104. The highest BCUT2D eigenvalue weighted by molar-refractivity contribution is 7.25. The van der Waals surface area contributed by atoms with Crippen LogP contribution >= 0.6 is 11.3 Å². The summed E-state index contributed by atoms with van der Waals surface area (Å²) in [7, 11) is 0. The van der Waals surface area contributed by atoms with E-state index in [0.29, 0.717) is 0 Å². The molecule has 55 heavy (non-hydrogen) atoms. The Hall–Kier alpha value is -6.48. The summed E-state index contributed by atoms with van der Waals surface area (Å²) in [5.74, 6) is 0. The Morgan fingerprint density at radius 3 is 1.91 bits per heavy atom. The molecule has 0 saturated carbocycles. The molecule has 1 aromatic heterocycles. The smallest absolute Gasteiger partial charge is 0.0540 e. The average Bonchev–Trinajstić information content (AvgIpc) is 3.71. The largest absolute Gasteiger partial charge is 0.310 e. The van der Waals surface area contributed by atoms with Gasteiger partial charge in [-0.1, -0.05) is 141 Å². The van der Waals surface area contributed by atoms with Crippen LogP contribution in [0.5, 0.6) is 0 Å². The van der Waals surface area contributed by atoms with E-state index in [1.807, 2.05) is 11.3 Å². The molecule has 0 radical (unpaired) electrons. The summed E-state index contributed by atoms with van der Waals surface area (Å²) in [6, 6.07) is 69.8. The number of hydrogen-bond acceptors (Lipinski definition) is 2. The van der Waals surface area contributed by atoms with Crippen molar-refractivity contribution < 1.29 is 0 Å². The van der Waals surface area contributed by atoms with Crippen molar-refractivity contribution in [2.45, 2.75) is 19.3 Å². The SMILES string of the molecule is CC1(C)c2ccccc2-c2ccc(N(c3ccc(-c4ccc5cc6c(cc5c4)sc4ccccc46)cc3)c3ccccc3-c3ccc4ccccc4c3)cc21. The summed E-state index contributed by atoms with van der Waals surface area (Å²) < 4.78 is 2.68. The predicted molar refractivity (Wildman–Crippen MR) is 237 cm³/mol. The van der Waals surface area contributed by atoms with Crippen molar-refractivity contribution in [2.75, 3.05) is 4.90 Å². The second-order valence-corrected chi connectivity index (χ2v) is 16.5. The van der Waals surface area contributed by atoms with E-state index < -0.39 is 0 Å². The van der Waals surface area contributed by atoms with Crippen LogP contribution in [0.1, 0.15) is 25.0 Å². The summed E-state index contributed by atoms with van der Waals surface area (Å²) in [4.78, 5) is 2.45. The zero-order valence-electron chi connectivity index (χ0n) is 30.8. The molecule has 1 heterocycles. The van der Waals surface area contributed by atoms with E-state index in [9.17, 15) is 0 Å². The first-order chi connectivity index (χ1) is 27.0. The summed E-state index contributed by atoms with van der Waals surface area (Å²) in [5, 5.41) is 7.72. The first-order valence-electron chi connectivity index (χ1n) is 19.1. The quantitative estimate of drug-likeness (QED) is 0.171. The molecule has 0 aliphatic heterocycles. The molecular formula is C53H37NS. The molecule has 9 aromatic carbocycles. The minimum absolute atomic E-state index is 0.104. The van der Waals surface area contributed by atoms with Gasteiger partial charge in [-0.3, -0.25) is 0 Å². The topological polar surface area (TPSA) is 3.24 Å². The van der Waals surface area contributed by atoms with E-state index in [-0.39, 0.29) is 5.41 Å². The van der Waals surface area contributed by atoms with Crippen LogP contribution in [0.3, 0.4) is 0 Å². The van der Waals surface area contributed by atoms with Crippen molar-refractivity contribution in [3.8, 4) is 33.4 Å². The number of para-hydroxylation sites is 1. The van der Waals surface area contributed by atoms with Crippen LogP contribution in [0.15, 0.2) is 188 Å². The molecular weight excluding hydrogens is 683 g/mol. The number of nitrogens with zero attached hydrogens (tertiary/aromatic N) is 1. The first kappa shape index (κ1) is 32.0. The predicted octanol–water partition coefficient (Wildman–Crippen LogP) is 15.5. The van der Waals surface area contributed by atoms with Crippen LogP contribution in [0, 0.1) is 0 Å². The van der Waals surface area contributed by atoms with Crippen molar-refractivity contribution in [1.29, 1.82) is 0 Å². The second kappa shape index (κ2) is 12.3. The standard InChI is InChI=1S/C53H37NS/c1-53(2)48-16-8-5-14-44(48)45-28-27-42(33-49(45)53)54(50-17-9-6-13-43(50)39-22-19-34-11-3-4-12-36(34)29-39)41-25-23-35(24-26-41)37-20-21-38-31-47-46-15-7-10-18-51(46)55-52(47)32-40(38)30-37/h3-33H,1-2H3. The zero-order chi connectivity index (χ0) is 36.7. The van der Waals surface area contributed by atoms with Gasteiger partial charge in [-0.2, -0.15) is 0 Å². The summed E-state index contributed by atoms with van der Waals surface area (Å²) in [6.45, 7) is 4.72. The molecule has 2 heteroatoms. The van der Waals surface area contributed by atoms with Gasteiger partial charge in [0, 0.05) is 42.5 Å². The van der Waals surface area contributed by atoms with E-state index in [1.165, 1.54) is 86.2 Å². The van der Waals surface area contributed by atoms with E-state index in [0.717, 1.165) is 17.1 Å². The summed E-state index contributed by atoms with van der Waals surface area (Å²) in [6.07, 6.45) is 0. The molecule has 260 valence electrons. The van der Waals surface area contributed by atoms with Gasteiger partial charge in [-0.25, -0.2) is 0 Å². The van der Waals surface area contributed by atoms with Gasteiger partial charge in [0.1, 0.15) is 0 Å². The van der Waals surface area contributed by atoms with Crippen LogP contribution in [-0.2, 0) is 5.41 Å². The van der Waals surface area contributed by atoms with E-state index in [2.05, 4.69) is 207 Å². The number of anilines is 3. The highest BCUT2D eigenvalue weighted by atomic mass is 32.1. The van der Waals surface area contributed by atoms with E-state index in [1.54, 1.807) is 0 Å². The van der Waals surface area contributed by atoms with Crippen molar-refractivity contribution in [3.05, 3.63) is 199 Å². The lowest BCUT2D eigenvalue weighted by molar-refractivity contribution is 0.660. The maximum Gasteiger partial charge on any atom is 0.0540 e. The number of fused-ring (bicyclic) bond motifs is 8. The zero-order valence-corrected chi connectivity index (χ0v) is 31.6. The molecule has 1 aliphatic carbocycles. The number of benzene rings is 9. The normalized spacial score (nSPS) is 13.1. The molecule has 0 fully saturated rings. The fourth-order valence-electron chi connectivity index (χ4n) is 8.98.